The molecule has 2 heterocycles. The van der Waals surface area contributed by atoms with Gasteiger partial charge in [0.15, 0.2) is 5.96 Å². The lowest BCUT2D eigenvalue weighted by atomic mass is 9.95. The molecule has 2 fully saturated rings. The molecule has 8 nitrogen and oxygen atoms in total. The third kappa shape index (κ3) is 5.72. The topological polar surface area (TPSA) is 108 Å². The summed E-state index contributed by atoms with van der Waals surface area (Å²) in [6.45, 7) is 3.29. The van der Waals surface area contributed by atoms with Gasteiger partial charge in [0.1, 0.15) is 0 Å². The normalized spacial score (nSPS) is 21.4. The van der Waals surface area contributed by atoms with E-state index in [1.807, 2.05) is 6.07 Å². The summed E-state index contributed by atoms with van der Waals surface area (Å²) in [5, 5.41) is 3.34. The minimum Gasteiger partial charge on any atom is -0.370 e. The maximum absolute atomic E-state index is 12.9. The molecule has 9 heteroatoms. The Kier molecular flexibility index (Phi) is 7.71. The van der Waals surface area contributed by atoms with E-state index in [1.54, 1.807) is 29.6 Å². The molecule has 1 aromatic carbocycles. The molecule has 3 N–H and O–H groups in total. The molecule has 2 aliphatic heterocycles. The number of nitrogens with two attached hydrogens (primary N) is 1. The highest BCUT2D eigenvalue weighted by Gasteiger charge is 2.26. The Morgan fingerprint density at radius 1 is 1.20 bits per heavy atom. The number of aliphatic imine (C=N–C) groups is 1. The van der Waals surface area contributed by atoms with Gasteiger partial charge < -0.3 is 16.0 Å². The van der Waals surface area contributed by atoms with E-state index in [0.717, 1.165) is 56.7 Å². The summed E-state index contributed by atoms with van der Waals surface area (Å²) in [5.74, 6) is 0.734. The van der Waals surface area contributed by atoms with E-state index in [4.69, 9.17) is 5.73 Å². The fourth-order valence-corrected chi connectivity index (χ4v) is 5.88. The smallest absolute Gasteiger partial charge is 0.243 e. The Hall–Kier alpha value is -2.13. The van der Waals surface area contributed by atoms with Gasteiger partial charge in [-0.3, -0.25) is 9.79 Å². The Balaban J connectivity index is 1.63. The Morgan fingerprint density at radius 3 is 2.67 bits per heavy atom. The van der Waals surface area contributed by atoms with Gasteiger partial charge in [0.05, 0.1) is 4.90 Å². The van der Waals surface area contributed by atoms with E-state index in [-0.39, 0.29) is 11.8 Å². The van der Waals surface area contributed by atoms with Crippen molar-refractivity contribution in [2.24, 2.45) is 16.6 Å². The van der Waals surface area contributed by atoms with Crippen LogP contribution in [-0.2, 0) is 21.4 Å². The lowest BCUT2D eigenvalue weighted by Gasteiger charge is -2.34. The number of carbonyl (C=O) groups excluding carboxylic acids is 1. The van der Waals surface area contributed by atoms with Gasteiger partial charge in [0, 0.05) is 46.2 Å². The highest BCUT2D eigenvalue weighted by molar-refractivity contribution is 7.89. The van der Waals surface area contributed by atoms with Crippen LogP contribution in [-0.4, -0.2) is 62.7 Å². The number of nitrogens with one attached hydrogen (secondary N) is 1. The SMILES string of the molecule is CN=C(NCc1cccc(S(=O)(=O)N2CCCCC2)c1)N1CCCC(CC(N)=O)C1. The minimum absolute atomic E-state index is 0.243. The summed E-state index contributed by atoms with van der Waals surface area (Å²) in [4.78, 5) is 18.1. The maximum atomic E-state index is 12.9. The van der Waals surface area contributed by atoms with Gasteiger partial charge in [0.2, 0.25) is 15.9 Å². The van der Waals surface area contributed by atoms with Gasteiger partial charge in [-0.25, -0.2) is 8.42 Å². The highest BCUT2D eigenvalue weighted by Crippen LogP contribution is 2.22. The number of rotatable bonds is 6. The predicted octanol–water partition coefficient (Wildman–Crippen LogP) is 1.52. The van der Waals surface area contributed by atoms with Crippen LogP contribution in [0.2, 0.25) is 0 Å². The largest absolute Gasteiger partial charge is 0.370 e. The first-order valence-corrected chi connectivity index (χ1v) is 12.2. The molecule has 0 spiro atoms. The van der Waals surface area contributed by atoms with Crippen molar-refractivity contribution in [2.75, 3.05) is 33.2 Å². The average molecular weight is 436 g/mol. The van der Waals surface area contributed by atoms with Gasteiger partial charge >= 0.3 is 0 Å². The van der Waals surface area contributed by atoms with E-state index in [0.29, 0.717) is 31.0 Å². The molecule has 1 unspecified atom stereocenters. The van der Waals surface area contributed by atoms with Crippen LogP contribution in [0, 0.1) is 5.92 Å². The molecular formula is C21H33N5O3S. The van der Waals surface area contributed by atoms with Crippen LogP contribution >= 0.6 is 0 Å². The molecule has 166 valence electrons. The zero-order valence-corrected chi connectivity index (χ0v) is 18.5. The Labute approximate surface area is 179 Å². The van der Waals surface area contributed by atoms with Crippen LogP contribution < -0.4 is 11.1 Å². The van der Waals surface area contributed by atoms with E-state index < -0.39 is 10.0 Å². The van der Waals surface area contributed by atoms with Crippen LogP contribution in [0.25, 0.3) is 0 Å². The zero-order valence-electron chi connectivity index (χ0n) is 17.7. The third-order valence-corrected chi connectivity index (χ3v) is 7.72. The van der Waals surface area contributed by atoms with Crippen LogP contribution in [0.4, 0.5) is 0 Å². The zero-order chi connectivity index (χ0) is 21.6. The van der Waals surface area contributed by atoms with E-state index in [9.17, 15) is 13.2 Å². The van der Waals surface area contributed by atoms with E-state index in [2.05, 4.69) is 15.2 Å². The van der Waals surface area contributed by atoms with Gasteiger partial charge in [0.25, 0.3) is 0 Å². The van der Waals surface area contributed by atoms with Crippen molar-refractivity contribution in [1.82, 2.24) is 14.5 Å². The van der Waals surface area contributed by atoms with Crippen LogP contribution in [0.15, 0.2) is 34.2 Å². The fourth-order valence-electron chi connectivity index (χ4n) is 4.29. The standard InChI is InChI=1S/C21H33N5O3S/c1-23-21(25-10-6-8-18(16-25)14-20(22)27)24-15-17-7-5-9-19(13-17)30(28,29)26-11-3-2-4-12-26/h5,7,9,13,18H,2-4,6,8,10-12,14-16H2,1H3,(H2,22,27)(H,23,24). The van der Waals surface area contributed by atoms with Crippen molar-refractivity contribution >= 4 is 21.9 Å². The second-order valence-corrected chi connectivity index (χ2v) is 10.1. The van der Waals surface area contributed by atoms with Crippen molar-refractivity contribution in [3.63, 3.8) is 0 Å². The number of sulfonamides is 1. The number of primary amides is 1. The molecule has 3 rings (SSSR count). The lowest BCUT2D eigenvalue weighted by molar-refractivity contribution is -0.119. The number of benzene rings is 1. The van der Waals surface area contributed by atoms with Gasteiger partial charge in [-0.2, -0.15) is 4.31 Å². The molecular weight excluding hydrogens is 402 g/mol. The molecule has 1 atom stereocenters. The molecule has 0 aliphatic carbocycles. The number of amides is 1. The van der Waals surface area contributed by atoms with Crippen molar-refractivity contribution in [3.8, 4) is 0 Å². The number of hydrogen-bond acceptors (Lipinski definition) is 4. The van der Waals surface area contributed by atoms with Crippen LogP contribution in [0.3, 0.4) is 0 Å². The first kappa shape index (κ1) is 22.6. The summed E-state index contributed by atoms with van der Waals surface area (Å²) in [5.41, 5.74) is 6.25. The fraction of sp³-hybridized carbons (Fsp3) is 0.619. The molecule has 0 radical (unpaired) electrons. The summed E-state index contributed by atoms with van der Waals surface area (Å²) in [7, 11) is -1.71. The molecule has 0 saturated carbocycles. The summed E-state index contributed by atoms with van der Waals surface area (Å²) in [6, 6.07) is 7.12. The van der Waals surface area contributed by atoms with Crippen molar-refractivity contribution in [1.29, 1.82) is 0 Å². The van der Waals surface area contributed by atoms with Gasteiger partial charge in [-0.15, -0.1) is 0 Å². The molecule has 0 bridgehead atoms. The second kappa shape index (κ2) is 10.3. The maximum Gasteiger partial charge on any atom is 0.243 e. The van der Waals surface area contributed by atoms with Crippen LogP contribution in [0.1, 0.15) is 44.1 Å². The molecule has 1 aromatic rings. The first-order valence-electron chi connectivity index (χ1n) is 10.7. The molecule has 30 heavy (non-hydrogen) atoms. The Bertz CT molecular complexity index is 865. The van der Waals surface area contributed by atoms with E-state index in [1.165, 1.54) is 0 Å². The number of guanidine groups is 1. The van der Waals surface area contributed by atoms with E-state index >= 15 is 0 Å². The van der Waals surface area contributed by atoms with Crippen molar-refractivity contribution in [2.45, 2.75) is 50.0 Å². The summed E-state index contributed by atoms with van der Waals surface area (Å²) in [6.07, 6.45) is 5.30. The first-order chi connectivity index (χ1) is 14.4. The van der Waals surface area contributed by atoms with Gasteiger partial charge in [-0.05, 0) is 49.3 Å². The molecule has 2 aliphatic rings. The highest BCUT2D eigenvalue weighted by atomic mass is 32.2. The quantitative estimate of drug-likeness (QED) is 0.520. The molecule has 1 amide bonds. The van der Waals surface area contributed by atoms with Crippen LogP contribution in [0.5, 0.6) is 0 Å². The lowest BCUT2D eigenvalue weighted by Crippen LogP contribution is -2.46. The van der Waals surface area contributed by atoms with Crippen molar-refractivity contribution < 1.29 is 13.2 Å². The van der Waals surface area contributed by atoms with Crippen molar-refractivity contribution in [3.05, 3.63) is 29.8 Å². The summed E-state index contributed by atoms with van der Waals surface area (Å²) >= 11 is 0. The average Bonchev–Trinajstić information content (AvgIpc) is 2.75. The number of hydrogen-bond donors (Lipinski definition) is 2. The number of carbonyl (C=O) groups is 1. The predicted molar refractivity (Wildman–Crippen MR) is 117 cm³/mol. The molecule has 2 saturated heterocycles. The molecule has 0 aromatic heterocycles. The second-order valence-electron chi connectivity index (χ2n) is 8.14. The monoisotopic (exact) mass is 435 g/mol. The number of likely N-dealkylation sites (tertiary alicyclic amines) is 1. The summed E-state index contributed by atoms with van der Waals surface area (Å²) < 4.78 is 27.5. The number of piperidine rings is 2. The van der Waals surface area contributed by atoms with Gasteiger partial charge in [-0.1, -0.05) is 18.6 Å². The minimum atomic E-state index is -3.45. The third-order valence-electron chi connectivity index (χ3n) is 5.82. The Morgan fingerprint density at radius 2 is 1.97 bits per heavy atom. The number of nitrogens with zero attached hydrogens (tertiary/aromatic N) is 3.